The van der Waals surface area contributed by atoms with Gasteiger partial charge in [-0.25, -0.2) is 0 Å². The third-order valence-electron chi connectivity index (χ3n) is 3.00. The van der Waals surface area contributed by atoms with Crippen molar-refractivity contribution in [3.8, 4) is 0 Å². The molecule has 1 unspecified atom stereocenters. The van der Waals surface area contributed by atoms with Crippen LogP contribution in [0.1, 0.15) is 29.9 Å². The highest BCUT2D eigenvalue weighted by molar-refractivity contribution is 7.21. The van der Waals surface area contributed by atoms with Crippen LogP contribution < -0.4 is 11.1 Å². The van der Waals surface area contributed by atoms with Crippen molar-refractivity contribution in [3.63, 3.8) is 0 Å². The molecule has 0 aliphatic rings. The van der Waals surface area contributed by atoms with Gasteiger partial charge in [-0.05, 0) is 18.1 Å². The van der Waals surface area contributed by atoms with Crippen LogP contribution in [0, 0.1) is 5.92 Å². The van der Waals surface area contributed by atoms with Crippen molar-refractivity contribution in [3.05, 3.63) is 23.2 Å². The lowest BCUT2D eigenvalue weighted by atomic mass is 10.1. The van der Waals surface area contributed by atoms with E-state index in [0.717, 1.165) is 16.6 Å². The minimum absolute atomic E-state index is 0.101. The monoisotopic (exact) mass is 263 g/mol. The number of nitrogens with one attached hydrogen (secondary N) is 1. The average Bonchev–Trinajstić information content (AvgIpc) is 2.73. The molecule has 0 aliphatic carbocycles. The first-order chi connectivity index (χ1) is 8.63. The van der Waals surface area contributed by atoms with Crippen LogP contribution >= 0.6 is 11.3 Å². The minimum Gasteiger partial charge on any atom is -0.396 e. The number of hydrogen-bond donors (Lipinski definition) is 2. The summed E-state index contributed by atoms with van der Waals surface area (Å²) in [5, 5.41) is 2.92. The van der Waals surface area contributed by atoms with E-state index in [0.29, 0.717) is 23.0 Å². The summed E-state index contributed by atoms with van der Waals surface area (Å²) in [7, 11) is 0. The molecule has 5 heteroatoms. The Balaban J connectivity index is 2.20. The number of carbonyl (C=O) groups excluding carboxylic acids is 1. The van der Waals surface area contributed by atoms with Crippen LogP contribution in [0.15, 0.2) is 18.3 Å². The number of nitrogen functional groups attached to an aromatic ring is 1. The van der Waals surface area contributed by atoms with E-state index in [2.05, 4.69) is 24.1 Å². The number of nitrogens with two attached hydrogens (primary N) is 1. The Kier molecular flexibility index (Phi) is 3.81. The van der Waals surface area contributed by atoms with Crippen LogP contribution in [0.5, 0.6) is 0 Å². The first kappa shape index (κ1) is 12.8. The zero-order valence-corrected chi connectivity index (χ0v) is 11.4. The van der Waals surface area contributed by atoms with Crippen LogP contribution in [0.3, 0.4) is 0 Å². The molecule has 4 nitrogen and oxygen atoms in total. The number of fused-ring (bicyclic) bond motifs is 1. The van der Waals surface area contributed by atoms with Gasteiger partial charge in [-0.15, -0.1) is 11.3 Å². The van der Waals surface area contributed by atoms with Crippen LogP contribution in [0.25, 0.3) is 10.2 Å². The van der Waals surface area contributed by atoms with E-state index in [9.17, 15) is 4.79 Å². The average molecular weight is 263 g/mol. The number of thiophene rings is 1. The smallest absolute Gasteiger partial charge is 0.263 e. The van der Waals surface area contributed by atoms with Gasteiger partial charge in [0.15, 0.2) is 0 Å². The summed E-state index contributed by atoms with van der Waals surface area (Å²) < 4.78 is 0.948. The standard InChI is InChI=1S/C13H17N3OS/c1-3-8(2)7-16-13(17)12-10(14)11-9(18-12)5-4-6-15-11/h4-6,8H,3,7,14H2,1-2H3,(H,16,17). The number of pyridine rings is 1. The van der Waals surface area contributed by atoms with E-state index in [1.807, 2.05) is 12.1 Å². The molecule has 18 heavy (non-hydrogen) atoms. The van der Waals surface area contributed by atoms with Gasteiger partial charge in [0.1, 0.15) is 10.4 Å². The van der Waals surface area contributed by atoms with Gasteiger partial charge in [0.2, 0.25) is 0 Å². The van der Waals surface area contributed by atoms with Crippen LogP contribution in [-0.2, 0) is 0 Å². The van der Waals surface area contributed by atoms with E-state index in [1.165, 1.54) is 11.3 Å². The first-order valence-electron chi connectivity index (χ1n) is 6.04. The van der Waals surface area contributed by atoms with Crippen LogP contribution in [-0.4, -0.2) is 17.4 Å². The molecule has 2 heterocycles. The number of nitrogens with zero attached hydrogens (tertiary/aromatic N) is 1. The number of aromatic nitrogens is 1. The highest BCUT2D eigenvalue weighted by Gasteiger charge is 2.16. The quantitative estimate of drug-likeness (QED) is 0.891. The molecule has 1 atom stereocenters. The lowest BCUT2D eigenvalue weighted by Gasteiger charge is -2.09. The Morgan fingerprint density at radius 3 is 3.06 bits per heavy atom. The molecule has 2 rings (SSSR count). The van der Waals surface area contributed by atoms with E-state index < -0.39 is 0 Å². The Hall–Kier alpha value is -1.62. The highest BCUT2D eigenvalue weighted by Crippen LogP contribution is 2.31. The maximum absolute atomic E-state index is 12.0. The summed E-state index contributed by atoms with van der Waals surface area (Å²) in [6.45, 7) is 4.89. The van der Waals surface area contributed by atoms with E-state index in [1.54, 1.807) is 6.20 Å². The van der Waals surface area contributed by atoms with Crippen molar-refractivity contribution < 1.29 is 4.79 Å². The van der Waals surface area contributed by atoms with Crippen molar-refractivity contribution in [1.82, 2.24) is 10.3 Å². The molecule has 0 aliphatic heterocycles. The third-order valence-corrected chi connectivity index (χ3v) is 4.16. The Morgan fingerprint density at radius 1 is 1.61 bits per heavy atom. The van der Waals surface area contributed by atoms with Crippen molar-refractivity contribution in [2.45, 2.75) is 20.3 Å². The minimum atomic E-state index is -0.101. The Labute approximate surface area is 110 Å². The summed E-state index contributed by atoms with van der Waals surface area (Å²) in [6, 6.07) is 3.77. The van der Waals surface area contributed by atoms with Crippen molar-refractivity contribution >= 4 is 33.1 Å². The summed E-state index contributed by atoms with van der Waals surface area (Å²) in [4.78, 5) is 16.8. The van der Waals surface area contributed by atoms with Crippen LogP contribution in [0.2, 0.25) is 0 Å². The van der Waals surface area contributed by atoms with Gasteiger partial charge in [-0.3, -0.25) is 9.78 Å². The van der Waals surface area contributed by atoms with Gasteiger partial charge in [0.05, 0.1) is 10.4 Å². The number of carbonyl (C=O) groups is 1. The normalized spacial score (nSPS) is 12.6. The van der Waals surface area contributed by atoms with Gasteiger partial charge in [-0.2, -0.15) is 0 Å². The summed E-state index contributed by atoms with van der Waals surface area (Å²) in [5.41, 5.74) is 7.17. The van der Waals surface area contributed by atoms with Crippen molar-refractivity contribution in [1.29, 1.82) is 0 Å². The molecule has 0 saturated heterocycles. The van der Waals surface area contributed by atoms with Gasteiger partial charge in [-0.1, -0.05) is 20.3 Å². The fourth-order valence-electron chi connectivity index (χ4n) is 1.61. The summed E-state index contributed by atoms with van der Waals surface area (Å²) in [5.74, 6) is 0.374. The fraction of sp³-hybridized carbons (Fsp3) is 0.385. The zero-order chi connectivity index (χ0) is 13.1. The second-order valence-electron chi connectivity index (χ2n) is 4.42. The Bertz CT molecular complexity index is 564. The topological polar surface area (TPSA) is 68.0 Å². The second kappa shape index (κ2) is 5.35. The highest BCUT2D eigenvalue weighted by atomic mass is 32.1. The van der Waals surface area contributed by atoms with Crippen LogP contribution in [0.4, 0.5) is 5.69 Å². The fourth-order valence-corrected chi connectivity index (χ4v) is 2.61. The van der Waals surface area contributed by atoms with E-state index in [-0.39, 0.29) is 5.91 Å². The maximum Gasteiger partial charge on any atom is 0.263 e. The molecule has 2 aromatic rings. The van der Waals surface area contributed by atoms with Gasteiger partial charge in [0.25, 0.3) is 5.91 Å². The molecule has 2 aromatic heterocycles. The molecule has 3 N–H and O–H groups in total. The first-order valence-corrected chi connectivity index (χ1v) is 6.86. The molecule has 0 spiro atoms. The molecule has 0 saturated carbocycles. The largest absolute Gasteiger partial charge is 0.396 e. The van der Waals surface area contributed by atoms with E-state index in [4.69, 9.17) is 5.73 Å². The number of rotatable bonds is 4. The molecular formula is C13H17N3OS. The lowest BCUT2D eigenvalue weighted by Crippen LogP contribution is -2.27. The molecule has 0 fully saturated rings. The van der Waals surface area contributed by atoms with Crippen molar-refractivity contribution in [2.24, 2.45) is 5.92 Å². The van der Waals surface area contributed by atoms with Crippen molar-refractivity contribution in [2.75, 3.05) is 12.3 Å². The maximum atomic E-state index is 12.0. The predicted octanol–water partition coefficient (Wildman–Crippen LogP) is 2.65. The molecule has 1 amide bonds. The summed E-state index contributed by atoms with van der Waals surface area (Å²) >= 11 is 1.39. The zero-order valence-electron chi connectivity index (χ0n) is 10.6. The second-order valence-corrected chi connectivity index (χ2v) is 5.47. The molecule has 96 valence electrons. The SMILES string of the molecule is CCC(C)CNC(=O)c1sc2cccnc2c1N. The number of anilines is 1. The molecule has 0 radical (unpaired) electrons. The lowest BCUT2D eigenvalue weighted by molar-refractivity contribution is 0.0953. The van der Waals surface area contributed by atoms with Gasteiger partial charge < -0.3 is 11.1 Å². The predicted molar refractivity (Wildman–Crippen MR) is 75.8 cm³/mol. The third kappa shape index (κ3) is 2.46. The molecule has 0 bridgehead atoms. The van der Waals surface area contributed by atoms with E-state index >= 15 is 0 Å². The summed E-state index contributed by atoms with van der Waals surface area (Å²) in [6.07, 6.45) is 2.73. The van der Waals surface area contributed by atoms with Gasteiger partial charge in [0, 0.05) is 12.7 Å². The molecular weight excluding hydrogens is 246 g/mol. The number of hydrogen-bond acceptors (Lipinski definition) is 4. The molecule has 0 aromatic carbocycles. The number of amides is 1. The van der Waals surface area contributed by atoms with Gasteiger partial charge >= 0.3 is 0 Å². The Morgan fingerprint density at radius 2 is 2.39 bits per heavy atom.